The molecule has 0 saturated carbocycles. The molecule has 1 aliphatic rings. The van der Waals surface area contributed by atoms with Crippen molar-refractivity contribution in [3.8, 4) is 5.69 Å². The number of rotatable bonds is 0. The fourth-order valence-electron chi connectivity index (χ4n) is 3.36. The number of benzene rings is 2. The fraction of sp³-hybridized carbons (Fsp3) is 0.167. The summed E-state index contributed by atoms with van der Waals surface area (Å²) in [4.78, 5) is 7.12. The van der Waals surface area contributed by atoms with Crippen molar-refractivity contribution in [3.05, 3.63) is 70.0 Å². The number of hydrogen-bond donors (Lipinski definition) is 0. The molecule has 0 fully saturated rings. The number of aryl methyl sites for hydroxylation is 2. The van der Waals surface area contributed by atoms with Crippen LogP contribution < -0.4 is 4.68 Å². The maximum absolute atomic E-state index is 7.47. The minimum atomic E-state index is 0.518. The first-order chi connectivity index (χ1) is 10.6. The Hall–Kier alpha value is -3.11. The van der Waals surface area contributed by atoms with Gasteiger partial charge in [-0.15, -0.1) is 9.36 Å². The van der Waals surface area contributed by atoms with Crippen LogP contribution in [0.25, 0.3) is 26.3 Å². The predicted molar refractivity (Wildman–Crippen MR) is 84.6 cm³/mol. The highest BCUT2D eigenvalue weighted by atomic mass is 15.4. The highest BCUT2D eigenvalue weighted by Gasteiger charge is 2.30. The summed E-state index contributed by atoms with van der Waals surface area (Å²) in [5, 5.41) is 0.948. The molecule has 3 aromatic rings. The summed E-state index contributed by atoms with van der Waals surface area (Å²) in [6, 6.07) is 7.90. The lowest BCUT2D eigenvalue weighted by Gasteiger charge is -2.04. The topological polar surface area (TPSA) is 17.5 Å². The van der Waals surface area contributed by atoms with Gasteiger partial charge in [0.1, 0.15) is 11.2 Å². The van der Waals surface area contributed by atoms with Crippen molar-refractivity contribution in [2.24, 2.45) is 0 Å². The van der Waals surface area contributed by atoms with Gasteiger partial charge in [-0.25, -0.2) is 9.69 Å². The van der Waals surface area contributed by atoms with E-state index in [0.717, 1.165) is 23.1 Å². The predicted octanol–water partition coefficient (Wildman–Crippen LogP) is 4.00. The maximum atomic E-state index is 7.47. The lowest BCUT2D eigenvalue weighted by molar-refractivity contribution is -0.749. The van der Waals surface area contributed by atoms with Crippen molar-refractivity contribution in [1.29, 1.82) is 0 Å². The minimum absolute atomic E-state index is 0.518. The number of nitrogens with zero attached hydrogens (tertiary/aromatic N) is 4. The van der Waals surface area contributed by atoms with Crippen molar-refractivity contribution < 1.29 is 4.68 Å². The first-order valence-corrected chi connectivity index (χ1v) is 7.07. The monoisotopic (exact) mass is 285 g/mol. The van der Waals surface area contributed by atoms with Crippen molar-refractivity contribution >= 4 is 22.3 Å². The molecule has 0 aliphatic carbocycles. The van der Waals surface area contributed by atoms with Crippen LogP contribution >= 0.6 is 0 Å². The SMILES string of the molecule is [C-]#[N+]c1cc([N+]#[C-])c2c(c1)c[n+]1n2-c2cc(C)cc(C)c2C1. The molecule has 0 atom stereocenters. The molecule has 0 saturated heterocycles. The minimum Gasteiger partial charge on any atom is -0.239 e. The first kappa shape index (κ1) is 12.6. The van der Waals surface area contributed by atoms with Gasteiger partial charge in [0.05, 0.1) is 18.7 Å². The Morgan fingerprint density at radius 1 is 1.09 bits per heavy atom. The third-order valence-electron chi connectivity index (χ3n) is 4.25. The van der Waals surface area contributed by atoms with Crippen LogP contribution in [0.5, 0.6) is 0 Å². The van der Waals surface area contributed by atoms with Gasteiger partial charge in [-0.3, -0.25) is 0 Å². The zero-order valence-electron chi connectivity index (χ0n) is 12.4. The second-order valence-corrected chi connectivity index (χ2v) is 5.74. The van der Waals surface area contributed by atoms with E-state index >= 15 is 0 Å². The van der Waals surface area contributed by atoms with E-state index < -0.39 is 0 Å². The molecule has 2 heterocycles. The summed E-state index contributed by atoms with van der Waals surface area (Å²) in [5.41, 5.74) is 6.89. The van der Waals surface area contributed by atoms with E-state index in [1.165, 1.54) is 16.7 Å². The third kappa shape index (κ3) is 1.52. The van der Waals surface area contributed by atoms with Gasteiger partial charge >= 0.3 is 0 Å². The molecule has 104 valence electrons. The molecular weight excluding hydrogens is 272 g/mol. The van der Waals surface area contributed by atoms with E-state index in [0.29, 0.717) is 11.4 Å². The van der Waals surface area contributed by atoms with Crippen molar-refractivity contribution in [2.75, 3.05) is 0 Å². The number of aromatic nitrogens is 2. The molecular formula is C18H13N4+. The fourth-order valence-corrected chi connectivity index (χ4v) is 3.36. The highest BCUT2D eigenvalue weighted by Crippen LogP contribution is 2.36. The summed E-state index contributed by atoms with van der Waals surface area (Å²) in [6.45, 7) is 19.7. The van der Waals surface area contributed by atoms with E-state index in [2.05, 4.69) is 45.0 Å². The van der Waals surface area contributed by atoms with Crippen LogP contribution in [0.4, 0.5) is 11.4 Å². The Bertz CT molecular complexity index is 1040. The molecule has 2 aromatic carbocycles. The van der Waals surface area contributed by atoms with Gasteiger partial charge in [0.2, 0.25) is 11.9 Å². The Morgan fingerprint density at radius 2 is 1.91 bits per heavy atom. The Kier molecular flexibility index (Phi) is 2.40. The molecule has 1 aromatic heterocycles. The Morgan fingerprint density at radius 3 is 2.64 bits per heavy atom. The van der Waals surface area contributed by atoms with Gasteiger partial charge in [0, 0.05) is 5.39 Å². The summed E-state index contributed by atoms with van der Waals surface area (Å²) < 4.78 is 4.25. The van der Waals surface area contributed by atoms with Crippen molar-refractivity contribution in [2.45, 2.75) is 20.4 Å². The molecule has 0 amide bonds. The molecule has 0 bridgehead atoms. The van der Waals surface area contributed by atoms with E-state index in [9.17, 15) is 0 Å². The van der Waals surface area contributed by atoms with Gasteiger partial charge in [0.15, 0.2) is 12.2 Å². The highest BCUT2D eigenvalue weighted by molar-refractivity contribution is 5.95. The second-order valence-electron chi connectivity index (χ2n) is 5.74. The first-order valence-electron chi connectivity index (χ1n) is 7.07. The largest absolute Gasteiger partial charge is 0.239 e. The summed E-state index contributed by atoms with van der Waals surface area (Å²) in [7, 11) is 0. The Labute approximate surface area is 128 Å². The van der Waals surface area contributed by atoms with Gasteiger partial charge in [0.25, 0.3) is 0 Å². The molecule has 4 heteroatoms. The number of fused-ring (bicyclic) bond motifs is 5. The van der Waals surface area contributed by atoms with E-state index in [4.69, 9.17) is 13.1 Å². The average Bonchev–Trinajstić information content (AvgIpc) is 3.02. The van der Waals surface area contributed by atoms with E-state index in [1.807, 2.05) is 12.3 Å². The molecule has 4 rings (SSSR count). The lowest BCUT2D eigenvalue weighted by atomic mass is 10.0. The van der Waals surface area contributed by atoms with Crippen LogP contribution in [0.2, 0.25) is 0 Å². The molecule has 4 nitrogen and oxygen atoms in total. The van der Waals surface area contributed by atoms with Gasteiger partial charge in [-0.1, -0.05) is 6.07 Å². The van der Waals surface area contributed by atoms with E-state index in [-0.39, 0.29) is 0 Å². The summed E-state index contributed by atoms with van der Waals surface area (Å²) in [5.74, 6) is 0. The van der Waals surface area contributed by atoms with Crippen LogP contribution in [-0.4, -0.2) is 4.68 Å². The molecule has 0 spiro atoms. The normalized spacial score (nSPS) is 11.8. The number of hydrogen-bond acceptors (Lipinski definition) is 0. The van der Waals surface area contributed by atoms with Crippen LogP contribution in [0.15, 0.2) is 30.5 Å². The van der Waals surface area contributed by atoms with E-state index in [1.54, 1.807) is 6.07 Å². The molecule has 1 aliphatic heterocycles. The molecule has 22 heavy (non-hydrogen) atoms. The van der Waals surface area contributed by atoms with Crippen LogP contribution in [0.1, 0.15) is 16.7 Å². The summed E-state index contributed by atoms with van der Waals surface area (Å²) >= 11 is 0. The van der Waals surface area contributed by atoms with Crippen molar-refractivity contribution in [1.82, 2.24) is 4.68 Å². The molecule has 0 radical (unpaired) electrons. The smallest absolute Gasteiger partial charge is 0.207 e. The van der Waals surface area contributed by atoms with Crippen LogP contribution in [0.3, 0.4) is 0 Å². The Balaban J connectivity index is 2.14. The third-order valence-corrected chi connectivity index (χ3v) is 4.25. The molecule has 0 N–H and O–H groups in total. The van der Waals surface area contributed by atoms with Crippen LogP contribution in [-0.2, 0) is 6.54 Å². The van der Waals surface area contributed by atoms with Gasteiger partial charge in [-0.2, -0.15) is 0 Å². The standard InChI is InChI=1S/C18H13N4/c1-11-5-12(2)15-10-21-9-13-7-14(19-3)8-16(20-4)18(13)22(21)17(15)6-11/h5-9H,10H2,1-2H3/q+1. The van der Waals surface area contributed by atoms with Gasteiger partial charge in [-0.05, 0) is 43.2 Å². The lowest BCUT2D eigenvalue weighted by Crippen LogP contribution is -2.36. The quantitative estimate of drug-likeness (QED) is 0.343. The van der Waals surface area contributed by atoms with Crippen molar-refractivity contribution in [3.63, 3.8) is 0 Å². The zero-order valence-corrected chi connectivity index (χ0v) is 12.4. The summed E-state index contributed by atoms with van der Waals surface area (Å²) in [6.07, 6.45) is 2.04. The maximum Gasteiger partial charge on any atom is 0.207 e. The average molecular weight is 285 g/mol. The second kappa shape index (κ2) is 4.19. The molecule has 0 unspecified atom stereocenters. The zero-order chi connectivity index (χ0) is 15.4. The van der Waals surface area contributed by atoms with Gasteiger partial charge < -0.3 is 0 Å². The van der Waals surface area contributed by atoms with Crippen LogP contribution in [0, 0.1) is 27.0 Å².